The molecule has 2 aliphatic rings. The molecule has 7 aromatic carbocycles. The van der Waals surface area contributed by atoms with Crippen molar-refractivity contribution in [1.29, 1.82) is 0 Å². The number of hydrogen-bond donors (Lipinski definition) is 10. The molecule has 0 atom stereocenters. The molecule has 2 aliphatic heterocycles. The van der Waals surface area contributed by atoms with Gasteiger partial charge in [-0.25, -0.2) is 25.2 Å². The standard InChI is InChI=1S/C32H32ClF3N4O4.C28H24ClF3N4O4.C8H6O4.C3H9NO/c33-27-12-10-21(17-26(27)32(34,35)36)20-37-39-31(44)25-19-24(40-14-3-1-4-15-40)11-13-28(25)38-30(43)23-8-6-7-22(18-23)29(42)9-2-5-16-41;29-23-9-7-17(13-22(23)28(30,31)32)16-33-35-26(38)21-15-20(36-11-2-1-3-12-36)8-10-24(21)34-25(37)18-5-4-6-19(14-18)27(39)40;9-7(10)5-2-1-3-6(4-5)8(11)12;4-2-1-3-5/h6-8,10-13,17-20,41H,1-5,9,14-16H2,(H,38,43)(H,39,44);4-10,13-16H,1-3,11-12H2,(H,34,37)(H,35,38)(H,39,40);1-4H,(H,9,10)(H,11,12);5H,1-4H2/b37-20+;33-16+;;. The number of halogens is 8. The van der Waals surface area contributed by atoms with Gasteiger partial charge in [-0.15, -0.1) is 0 Å². The minimum atomic E-state index is -4.66. The van der Waals surface area contributed by atoms with Crippen molar-refractivity contribution in [3.63, 3.8) is 0 Å². The lowest BCUT2D eigenvalue weighted by Crippen LogP contribution is -2.30. The van der Waals surface area contributed by atoms with Crippen LogP contribution in [0.2, 0.25) is 10.0 Å². The molecule has 22 nitrogen and oxygen atoms in total. The number of amides is 4. The third kappa shape index (κ3) is 24.7. The van der Waals surface area contributed by atoms with Crippen molar-refractivity contribution < 1.29 is 90.2 Å². The summed E-state index contributed by atoms with van der Waals surface area (Å²) in [6.07, 6.45) is 0.987. The number of nitrogens with one attached hydrogen (secondary N) is 4. The van der Waals surface area contributed by atoms with E-state index in [1.54, 1.807) is 54.6 Å². The van der Waals surface area contributed by atoms with Crippen molar-refractivity contribution in [1.82, 2.24) is 10.9 Å². The fraction of sp³-hybridized carbons (Fsp3) is 0.268. The molecule has 0 radical (unpaired) electrons. The maximum atomic E-state index is 13.3. The van der Waals surface area contributed by atoms with Crippen LogP contribution in [0.1, 0.15) is 169 Å². The number of Topliss-reactive ketones (excluding diaryl/α,β-unsaturated/α-hetero) is 1. The van der Waals surface area contributed by atoms with Crippen LogP contribution >= 0.6 is 23.2 Å². The summed E-state index contributed by atoms with van der Waals surface area (Å²) in [5.74, 6) is -6.17. The average Bonchev–Trinajstić information content (AvgIpc) is 0.825. The van der Waals surface area contributed by atoms with E-state index in [1.807, 2.05) is 0 Å². The van der Waals surface area contributed by atoms with E-state index in [2.05, 4.69) is 41.5 Å². The monoisotopic (exact) mass is 1440 g/mol. The number of hydrazone groups is 2. The molecule has 534 valence electrons. The normalized spacial score (nSPS) is 12.9. The summed E-state index contributed by atoms with van der Waals surface area (Å²) < 4.78 is 79.2. The van der Waals surface area contributed by atoms with Gasteiger partial charge in [0, 0.05) is 73.9 Å². The van der Waals surface area contributed by atoms with Gasteiger partial charge in [-0.1, -0.05) is 59.6 Å². The van der Waals surface area contributed by atoms with Gasteiger partial charge in [-0.3, -0.25) is 24.0 Å². The molecule has 0 unspecified atom stereocenters. The lowest BCUT2D eigenvalue weighted by molar-refractivity contribution is -0.138. The number of rotatable bonds is 22. The van der Waals surface area contributed by atoms with Gasteiger partial charge >= 0.3 is 30.3 Å². The molecule has 2 saturated heterocycles. The Morgan fingerprint density at radius 3 is 1.18 bits per heavy atom. The molecule has 0 spiro atoms. The van der Waals surface area contributed by atoms with Crippen LogP contribution in [-0.4, -0.2) is 131 Å². The zero-order chi connectivity index (χ0) is 73.8. The first-order valence-electron chi connectivity index (χ1n) is 31.4. The number of aliphatic hydroxyl groups excluding tert-OH is 2. The summed E-state index contributed by atoms with van der Waals surface area (Å²) in [6, 6.07) is 33.3. The van der Waals surface area contributed by atoms with Gasteiger partial charge in [0.05, 0.1) is 72.8 Å². The summed E-state index contributed by atoms with van der Waals surface area (Å²) in [7, 11) is 0. The third-order valence-electron chi connectivity index (χ3n) is 15.1. The Morgan fingerprint density at radius 2 is 0.822 bits per heavy atom. The Labute approximate surface area is 585 Å². The van der Waals surface area contributed by atoms with Gasteiger partial charge in [0.1, 0.15) is 0 Å². The maximum Gasteiger partial charge on any atom is 0.417 e. The number of carbonyl (C=O) groups excluding carboxylic acids is 5. The number of nitrogens with zero attached hydrogens (tertiary/aromatic N) is 4. The van der Waals surface area contributed by atoms with E-state index in [-0.39, 0.29) is 86.9 Å². The second-order valence-electron chi connectivity index (χ2n) is 22.5. The quantitative estimate of drug-likeness (QED) is 0.00991. The number of aromatic carboxylic acids is 3. The fourth-order valence-corrected chi connectivity index (χ4v) is 10.4. The second-order valence-corrected chi connectivity index (χ2v) is 23.3. The number of aliphatic hydroxyl groups is 2. The van der Waals surface area contributed by atoms with E-state index in [1.165, 1.54) is 60.7 Å². The molecule has 101 heavy (non-hydrogen) atoms. The SMILES string of the molecule is NCCCO.O=C(CCCCO)c1cccc(C(=O)Nc2ccc(N3CCCCC3)cc2C(=O)N/N=C/c2ccc(Cl)c(C(F)(F)F)c2)c1.O=C(O)c1cccc(C(=O)Nc2ccc(N3CCCCC3)cc2C(=O)N/N=C/c2ccc(Cl)c(C(F)(F)F)c2)c1.O=C(O)c1cccc(C(=O)O)c1. The predicted octanol–water partition coefficient (Wildman–Crippen LogP) is 13.2. The molecule has 2 heterocycles. The number of carboxylic acids is 3. The van der Waals surface area contributed by atoms with E-state index in [4.69, 9.17) is 49.4 Å². The van der Waals surface area contributed by atoms with Gasteiger partial charge in [0.2, 0.25) is 0 Å². The van der Waals surface area contributed by atoms with Crippen molar-refractivity contribution in [3.05, 3.63) is 222 Å². The number of carboxylic acid groups (broad SMARTS) is 3. The third-order valence-corrected chi connectivity index (χ3v) is 15.8. The molecular formula is C71H71Cl2F6N9O13. The van der Waals surface area contributed by atoms with Crippen molar-refractivity contribution in [2.24, 2.45) is 15.9 Å². The second kappa shape index (κ2) is 38.7. The van der Waals surface area contributed by atoms with Gasteiger partial charge in [-0.2, -0.15) is 36.5 Å². The van der Waals surface area contributed by atoms with Crippen LogP contribution in [0.4, 0.5) is 49.1 Å². The zero-order valence-electron chi connectivity index (χ0n) is 53.9. The summed E-state index contributed by atoms with van der Waals surface area (Å²) in [5.41, 5.74) is 10.3. The molecule has 4 amide bonds. The number of unbranched alkanes of at least 4 members (excludes halogenated alkanes) is 1. The molecule has 0 aliphatic carbocycles. The van der Waals surface area contributed by atoms with Crippen molar-refractivity contribution >= 4 is 106 Å². The van der Waals surface area contributed by atoms with Crippen LogP contribution in [0.5, 0.6) is 0 Å². The lowest BCUT2D eigenvalue weighted by Gasteiger charge is -2.29. The molecule has 0 aromatic heterocycles. The highest BCUT2D eigenvalue weighted by Crippen LogP contribution is 2.37. The van der Waals surface area contributed by atoms with Crippen molar-refractivity contribution in [2.75, 3.05) is 66.4 Å². The number of benzene rings is 7. The number of anilines is 4. The van der Waals surface area contributed by atoms with E-state index >= 15 is 0 Å². The molecule has 0 bridgehead atoms. The molecule has 9 rings (SSSR count). The first-order chi connectivity index (χ1) is 48.1. The smallest absolute Gasteiger partial charge is 0.417 e. The van der Waals surface area contributed by atoms with Crippen LogP contribution in [-0.2, 0) is 12.4 Å². The highest BCUT2D eigenvalue weighted by molar-refractivity contribution is 6.32. The number of hydrogen-bond acceptors (Lipinski definition) is 15. The number of piperidine rings is 2. The van der Waals surface area contributed by atoms with E-state index < -0.39 is 75.1 Å². The summed E-state index contributed by atoms with van der Waals surface area (Å²) in [4.78, 5) is 101. The minimum absolute atomic E-state index is 0.00634. The minimum Gasteiger partial charge on any atom is -0.478 e. The van der Waals surface area contributed by atoms with E-state index in [9.17, 15) is 69.8 Å². The molecular weight excluding hydrogens is 1370 g/mol. The number of alkyl halides is 6. The van der Waals surface area contributed by atoms with Crippen LogP contribution in [0.25, 0.3) is 0 Å². The van der Waals surface area contributed by atoms with Gasteiger partial charge in [0.25, 0.3) is 23.6 Å². The van der Waals surface area contributed by atoms with Crippen molar-refractivity contribution in [2.45, 2.75) is 76.6 Å². The molecule has 11 N–H and O–H groups in total. The first kappa shape index (κ1) is 79.5. The Hall–Kier alpha value is -10.5. The Kier molecular flexibility index (Phi) is 30.5. The fourth-order valence-electron chi connectivity index (χ4n) is 9.92. The first-order valence-corrected chi connectivity index (χ1v) is 32.1. The summed E-state index contributed by atoms with van der Waals surface area (Å²) in [6.45, 7) is 4.01. The summed E-state index contributed by atoms with van der Waals surface area (Å²) >= 11 is 11.3. The topological polar surface area (TPSA) is 343 Å². The highest BCUT2D eigenvalue weighted by Gasteiger charge is 2.34. The average molecular weight is 1440 g/mol. The molecule has 30 heteroatoms. The molecule has 0 saturated carbocycles. The molecule has 2 fully saturated rings. The van der Waals surface area contributed by atoms with Crippen molar-refractivity contribution in [3.8, 4) is 0 Å². The predicted molar refractivity (Wildman–Crippen MR) is 370 cm³/mol. The Bertz CT molecular complexity index is 4110. The zero-order valence-corrected chi connectivity index (χ0v) is 55.4. The number of nitrogens with two attached hydrogens (primary N) is 1. The van der Waals surface area contributed by atoms with Gasteiger partial charge in [-0.05, 0) is 185 Å². The van der Waals surface area contributed by atoms with Crippen LogP contribution in [0.15, 0.2) is 156 Å². The van der Waals surface area contributed by atoms with Gasteiger partial charge < -0.3 is 51.7 Å². The lowest BCUT2D eigenvalue weighted by atomic mass is 10.0. The highest BCUT2D eigenvalue weighted by atomic mass is 35.5. The van der Waals surface area contributed by atoms with E-state index in [0.29, 0.717) is 24.9 Å². The Morgan fingerprint density at radius 1 is 0.455 bits per heavy atom. The van der Waals surface area contributed by atoms with Gasteiger partial charge in [0.15, 0.2) is 5.78 Å². The van der Waals surface area contributed by atoms with Crippen LogP contribution in [0, 0.1) is 0 Å². The summed E-state index contributed by atoms with van der Waals surface area (Å²) in [5, 5.41) is 55.3. The number of carbonyl (C=O) groups is 8. The molecule has 7 aromatic rings. The maximum absolute atomic E-state index is 13.3. The van der Waals surface area contributed by atoms with E-state index in [0.717, 1.165) is 125 Å². The van der Waals surface area contributed by atoms with Crippen LogP contribution in [0.3, 0.4) is 0 Å². The van der Waals surface area contributed by atoms with Crippen LogP contribution < -0.4 is 37.0 Å². The Balaban J connectivity index is 0.000000258. The number of ketones is 1. The largest absolute Gasteiger partial charge is 0.478 e.